The van der Waals surface area contributed by atoms with Crippen molar-refractivity contribution >= 4 is 9.84 Å². The number of hydrogen-bond donors (Lipinski definition) is 1. The second kappa shape index (κ2) is 6.71. The molecule has 1 rings (SSSR count). The van der Waals surface area contributed by atoms with Crippen molar-refractivity contribution in [1.82, 2.24) is 10.2 Å². The Morgan fingerprint density at radius 2 is 2.00 bits per heavy atom. The summed E-state index contributed by atoms with van der Waals surface area (Å²) in [5.41, 5.74) is 0. The van der Waals surface area contributed by atoms with Crippen LogP contribution in [0.1, 0.15) is 33.6 Å². The van der Waals surface area contributed by atoms with Crippen molar-refractivity contribution in [3.05, 3.63) is 0 Å². The molecule has 0 aromatic carbocycles. The maximum Gasteiger partial charge on any atom is 0.151 e. The summed E-state index contributed by atoms with van der Waals surface area (Å²) in [6.07, 6.45) is 1.79. The van der Waals surface area contributed by atoms with Crippen LogP contribution in [-0.4, -0.2) is 56.5 Å². The molecule has 17 heavy (non-hydrogen) atoms. The first-order valence-electron chi connectivity index (χ1n) is 6.65. The van der Waals surface area contributed by atoms with Crippen LogP contribution in [0.25, 0.3) is 0 Å². The second-order valence-electron chi connectivity index (χ2n) is 5.01. The van der Waals surface area contributed by atoms with E-state index in [1.807, 2.05) is 0 Å². The number of nitrogens with zero attached hydrogens (tertiary/aromatic N) is 1. The molecule has 0 radical (unpaired) electrons. The van der Waals surface area contributed by atoms with Gasteiger partial charge in [-0.3, -0.25) is 0 Å². The predicted molar refractivity (Wildman–Crippen MR) is 72.1 cm³/mol. The van der Waals surface area contributed by atoms with Gasteiger partial charge in [0.25, 0.3) is 0 Å². The van der Waals surface area contributed by atoms with Crippen molar-refractivity contribution in [2.45, 2.75) is 45.7 Å². The fourth-order valence-electron chi connectivity index (χ4n) is 2.48. The van der Waals surface area contributed by atoms with E-state index in [0.29, 0.717) is 17.5 Å². The van der Waals surface area contributed by atoms with Gasteiger partial charge in [0, 0.05) is 18.6 Å². The van der Waals surface area contributed by atoms with E-state index < -0.39 is 9.84 Å². The maximum absolute atomic E-state index is 11.5. The van der Waals surface area contributed by atoms with Crippen LogP contribution in [0, 0.1) is 0 Å². The van der Waals surface area contributed by atoms with Gasteiger partial charge in [-0.15, -0.1) is 0 Å². The molecule has 4 nitrogen and oxygen atoms in total. The molecule has 0 saturated carbocycles. The molecule has 0 aromatic heterocycles. The molecule has 1 aliphatic rings. The zero-order valence-electron chi connectivity index (χ0n) is 11.3. The van der Waals surface area contributed by atoms with Crippen molar-refractivity contribution < 1.29 is 8.42 Å². The summed E-state index contributed by atoms with van der Waals surface area (Å²) in [4.78, 5) is 2.36. The van der Waals surface area contributed by atoms with Crippen molar-refractivity contribution in [2.24, 2.45) is 0 Å². The van der Waals surface area contributed by atoms with Gasteiger partial charge in [-0.2, -0.15) is 0 Å². The third kappa shape index (κ3) is 5.36. The highest BCUT2D eigenvalue weighted by molar-refractivity contribution is 7.91. The van der Waals surface area contributed by atoms with Gasteiger partial charge in [0.2, 0.25) is 0 Å². The molecule has 0 aliphatic carbocycles. The fourth-order valence-corrected chi connectivity index (χ4v) is 4.13. The molecule has 1 heterocycles. The van der Waals surface area contributed by atoms with E-state index in [1.54, 1.807) is 0 Å². The first-order chi connectivity index (χ1) is 7.96. The van der Waals surface area contributed by atoms with Crippen LogP contribution in [0.4, 0.5) is 0 Å². The van der Waals surface area contributed by atoms with Crippen LogP contribution in [0.2, 0.25) is 0 Å². The van der Waals surface area contributed by atoms with Crippen molar-refractivity contribution in [2.75, 3.05) is 31.1 Å². The Morgan fingerprint density at radius 3 is 2.53 bits per heavy atom. The van der Waals surface area contributed by atoms with Crippen LogP contribution in [0.15, 0.2) is 0 Å². The van der Waals surface area contributed by atoms with Gasteiger partial charge in [-0.05, 0) is 32.9 Å². The van der Waals surface area contributed by atoms with Gasteiger partial charge < -0.3 is 10.2 Å². The minimum atomic E-state index is -2.79. The number of sulfone groups is 1. The number of likely N-dealkylation sites (N-methyl/N-ethyl adjacent to an activating group) is 1. The van der Waals surface area contributed by atoms with Crippen LogP contribution in [0.3, 0.4) is 0 Å². The highest BCUT2D eigenvalue weighted by Crippen LogP contribution is 2.12. The molecule has 2 unspecified atom stereocenters. The topological polar surface area (TPSA) is 49.4 Å². The lowest BCUT2D eigenvalue weighted by Gasteiger charge is -2.29. The predicted octanol–water partition coefficient (Wildman–Crippen LogP) is 0.884. The van der Waals surface area contributed by atoms with Gasteiger partial charge in [0.1, 0.15) is 0 Å². The molecular formula is C12H26N2O2S. The number of hydrogen-bond acceptors (Lipinski definition) is 4. The van der Waals surface area contributed by atoms with Gasteiger partial charge in [0.15, 0.2) is 9.84 Å². The van der Waals surface area contributed by atoms with Crippen LogP contribution >= 0.6 is 0 Å². The molecule has 1 fully saturated rings. The molecule has 0 bridgehead atoms. The standard InChI is InChI=1S/C12H26N2O2S/c1-4-14(5-2)9-11(3)13-12-7-6-8-17(15,16)10-12/h11-13H,4-10H2,1-3H3. The minimum absolute atomic E-state index is 0.152. The number of nitrogens with one attached hydrogen (secondary N) is 1. The number of rotatable bonds is 6. The third-order valence-corrected chi connectivity index (χ3v) is 5.23. The molecule has 5 heteroatoms. The second-order valence-corrected chi connectivity index (χ2v) is 7.24. The molecule has 1 saturated heterocycles. The molecule has 1 aliphatic heterocycles. The van der Waals surface area contributed by atoms with Crippen LogP contribution in [0.5, 0.6) is 0 Å². The van der Waals surface area contributed by atoms with Crippen LogP contribution < -0.4 is 5.32 Å². The van der Waals surface area contributed by atoms with E-state index in [-0.39, 0.29) is 6.04 Å². The van der Waals surface area contributed by atoms with Gasteiger partial charge in [-0.25, -0.2) is 8.42 Å². The molecular weight excluding hydrogens is 236 g/mol. The van der Waals surface area contributed by atoms with Gasteiger partial charge in [0.05, 0.1) is 11.5 Å². The first-order valence-corrected chi connectivity index (χ1v) is 8.47. The molecule has 102 valence electrons. The summed E-state index contributed by atoms with van der Waals surface area (Å²) in [5.74, 6) is 0.686. The Morgan fingerprint density at radius 1 is 1.35 bits per heavy atom. The summed E-state index contributed by atoms with van der Waals surface area (Å²) in [6, 6.07) is 0.507. The van der Waals surface area contributed by atoms with E-state index in [9.17, 15) is 8.42 Å². The highest BCUT2D eigenvalue weighted by Gasteiger charge is 2.25. The summed E-state index contributed by atoms with van der Waals surface area (Å²) in [5, 5.41) is 3.45. The molecule has 1 N–H and O–H groups in total. The monoisotopic (exact) mass is 262 g/mol. The Bertz CT molecular complexity index is 312. The van der Waals surface area contributed by atoms with Crippen molar-refractivity contribution in [3.8, 4) is 0 Å². The maximum atomic E-state index is 11.5. The Labute approximate surface area is 106 Å². The summed E-state index contributed by atoms with van der Waals surface area (Å²) in [7, 11) is -2.79. The zero-order valence-corrected chi connectivity index (χ0v) is 12.1. The van der Waals surface area contributed by atoms with Gasteiger partial charge in [-0.1, -0.05) is 13.8 Å². The van der Waals surface area contributed by atoms with Crippen molar-refractivity contribution in [1.29, 1.82) is 0 Å². The summed E-state index contributed by atoms with van der Waals surface area (Å²) < 4.78 is 23.1. The van der Waals surface area contributed by atoms with Crippen molar-refractivity contribution in [3.63, 3.8) is 0 Å². The zero-order chi connectivity index (χ0) is 12.9. The molecule has 2 atom stereocenters. The molecule has 0 amide bonds. The Balaban J connectivity index is 2.37. The Kier molecular flexibility index (Phi) is 5.89. The minimum Gasteiger partial charge on any atom is -0.309 e. The largest absolute Gasteiger partial charge is 0.309 e. The van der Waals surface area contributed by atoms with Gasteiger partial charge >= 0.3 is 0 Å². The average molecular weight is 262 g/mol. The van der Waals surface area contributed by atoms with E-state index in [2.05, 4.69) is 31.0 Å². The fraction of sp³-hybridized carbons (Fsp3) is 1.00. The van der Waals surface area contributed by atoms with E-state index in [4.69, 9.17) is 0 Å². The van der Waals surface area contributed by atoms with E-state index in [1.165, 1.54) is 0 Å². The van der Waals surface area contributed by atoms with E-state index >= 15 is 0 Å². The molecule has 0 aromatic rings. The normalized spacial score (nSPS) is 26.0. The smallest absolute Gasteiger partial charge is 0.151 e. The lowest BCUT2D eigenvalue weighted by atomic mass is 10.1. The first kappa shape index (κ1) is 14.9. The van der Waals surface area contributed by atoms with E-state index in [0.717, 1.165) is 32.5 Å². The SMILES string of the molecule is CCN(CC)CC(C)NC1CCCS(=O)(=O)C1. The summed E-state index contributed by atoms with van der Waals surface area (Å²) >= 11 is 0. The quantitative estimate of drug-likeness (QED) is 0.772. The average Bonchev–Trinajstić information content (AvgIpc) is 2.24. The highest BCUT2D eigenvalue weighted by atomic mass is 32.2. The van der Waals surface area contributed by atoms with Crippen LogP contribution in [-0.2, 0) is 9.84 Å². The lowest BCUT2D eigenvalue weighted by molar-refractivity contribution is 0.261. The molecule has 0 spiro atoms. The Hall–Kier alpha value is -0.130. The summed E-state index contributed by atoms with van der Waals surface area (Å²) in [6.45, 7) is 9.53. The third-order valence-electron chi connectivity index (χ3n) is 3.41. The lowest BCUT2D eigenvalue weighted by Crippen LogP contribution is -2.48.